The SMILES string of the molecule is CCC1CN(C(=O)COCC2CCCO2)CC1N(C)C. The number of carbonyl (C=O) groups excluding carboxylic acids is 1. The van der Waals surface area contributed by atoms with Crippen LogP contribution in [-0.2, 0) is 14.3 Å². The molecule has 116 valence electrons. The van der Waals surface area contributed by atoms with E-state index in [-0.39, 0.29) is 18.6 Å². The van der Waals surface area contributed by atoms with Crippen LogP contribution < -0.4 is 0 Å². The number of likely N-dealkylation sites (tertiary alicyclic amines) is 1. The Kier molecular flexibility index (Phi) is 5.81. The van der Waals surface area contributed by atoms with E-state index in [2.05, 4.69) is 25.9 Å². The summed E-state index contributed by atoms with van der Waals surface area (Å²) in [6.07, 6.45) is 3.47. The van der Waals surface area contributed by atoms with Crippen LogP contribution in [0.1, 0.15) is 26.2 Å². The second kappa shape index (κ2) is 7.38. The molecule has 2 heterocycles. The standard InChI is InChI=1S/C15H28N2O3/c1-4-12-8-17(9-14(12)16(2)3)15(18)11-19-10-13-6-5-7-20-13/h12-14H,4-11H2,1-3H3. The van der Waals surface area contributed by atoms with Crippen molar-refractivity contribution < 1.29 is 14.3 Å². The minimum atomic E-state index is 0.116. The van der Waals surface area contributed by atoms with Gasteiger partial charge in [-0.25, -0.2) is 0 Å². The van der Waals surface area contributed by atoms with E-state index in [4.69, 9.17) is 9.47 Å². The molecular weight excluding hydrogens is 256 g/mol. The predicted octanol–water partition coefficient (Wildman–Crippen LogP) is 0.981. The van der Waals surface area contributed by atoms with Crippen molar-refractivity contribution >= 4 is 5.91 Å². The van der Waals surface area contributed by atoms with Crippen LogP contribution in [0.4, 0.5) is 0 Å². The Morgan fingerprint density at radius 2 is 2.20 bits per heavy atom. The molecule has 2 aliphatic heterocycles. The highest BCUT2D eigenvalue weighted by molar-refractivity contribution is 5.77. The van der Waals surface area contributed by atoms with Gasteiger partial charge in [0.2, 0.25) is 5.91 Å². The largest absolute Gasteiger partial charge is 0.376 e. The fourth-order valence-electron chi connectivity index (χ4n) is 3.19. The zero-order chi connectivity index (χ0) is 14.5. The van der Waals surface area contributed by atoms with Crippen LogP contribution in [0.15, 0.2) is 0 Å². The van der Waals surface area contributed by atoms with Gasteiger partial charge in [0, 0.05) is 25.7 Å². The first-order valence-corrected chi connectivity index (χ1v) is 7.75. The molecule has 0 saturated carbocycles. The lowest BCUT2D eigenvalue weighted by atomic mass is 10.0. The quantitative estimate of drug-likeness (QED) is 0.729. The second-order valence-corrected chi connectivity index (χ2v) is 6.15. The molecule has 2 rings (SSSR count). The fourth-order valence-corrected chi connectivity index (χ4v) is 3.19. The van der Waals surface area contributed by atoms with Crippen molar-refractivity contribution in [1.29, 1.82) is 0 Å². The van der Waals surface area contributed by atoms with Gasteiger partial charge in [-0.1, -0.05) is 13.3 Å². The van der Waals surface area contributed by atoms with Gasteiger partial charge >= 0.3 is 0 Å². The average molecular weight is 284 g/mol. The Labute approximate surface area is 122 Å². The van der Waals surface area contributed by atoms with Gasteiger partial charge in [0.1, 0.15) is 6.61 Å². The summed E-state index contributed by atoms with van der Waals surface area (Å²) in [6, 6.07) is 0.474. The Bertz CT molecular complexity index is 316. The van der Waals surface area contributed by atoms with E-state index in [0.29, 0.717) is 18.6 Å². The first-order valence-electron chi connectivity index (χ1n) is 7.75. The molecule has 3 atom stereocenters. The van der Waals surface area contributed by atoms with E-state index in [9.17, 15) is 4.79 Å². The number of amides is 1. The van der Waals surface area contributed by atoms with Crippen molar-refractivity contribution in [2.75, 3.05) is 47.0 Å². The Morgan fingerprint density at radius 1 is 1.40 bits per heavy atom. The third-order valence-corrected chi connectivity index (χ3v) is 4.50. The Morgan fingerprint density at radius 3 is 2.75 bits per heavy atom. The van der Waals surface area contributed by atoms with Gasteiger partial charge in [-0.3, -0.25) is 4.79 Å². The first kappa shape index (κ1) is 15.7. The maximum Gasteiger partial charge on any atom is 0.248 e. The summed E-state index contributed by atoms with van der Waals surface area (Å²) in [7, 11) is 4.18. The van der Waals surface area contributed by atoms with E-state index in [1.165, 1.54) is 0 Å². The maximum absolute atomic E-state index is 12.2. The minimum Gasteiger partial charge on any atom is -0.376 e. The van der Waals surface area contributed by atoms with E-state index in [1.807, 2.05) is 4.90 Å². The molecule has 5 heteroatoms. The number of nitrogens with zero attached hydrogens (tertiary/aromatic N) is 2. The third kappa shape index (κ3) is 3.93. The smallest absolute Gasteiger partial charge is 0.248 e. The van der Waals surface area contributed by atoms with Gasteiger partial charge in [0.15, 0.2) is 0 Å². The molecule has 0 aliphatic carbocycles. The van der Waals surface area contributed by atoms with Crippen molar-refractivity contribution in [2.45, 2.75) is 38.3 Å². The van der Waals surface area contributed by atoms with Gasteiger partial charge in [0.05, 0.1) is 12.7 Å². The summed E-state index contributed by atoms with van der Waals surface area (Å²) in [6.45, 7) is 5.46. The van der Waals surface area contributed by atoms with Gasteiger partial charge < -0.3 is 19.3 Å². The third-order valence-electron chi connectivity index (χ3n) is 4.50. The zero-order valence-corrected chi connectivity index (χ0v) is 13.0. The highest BCUT2D eigenvalue weighted by Crippen LogP contribution is 2.23. The summed E-state index contributed by atoms with van der Waals surface area (Å²) in [5.41, 5.74) is 0. The summed E-state index contributed by atoms with van der Waals surface area (Å²) in [4.78, 5) is 16.4. The molecule has 0 radical (unpaired) electrons. The van der Waals surface area contributed by atoms with Crippen molar-refractivity contribution in [2.24, 2.45) is 5.92 Å². The minimum absolute atomic E-state index is 0.116. The van der Waals surface area contributed by atoms with Crippen LogP contribution >= 0.6 is 0 Å². The summed E-state index contributed by atoms with van der Waals surface area (Å²) >= 11 is 0. The zero-order valence-electron chi connectivity index (χ0n) is 13.0. The van der Waals surface area contributed by atoms with Gasteiger partial charge in [0.25, 0.3) is 0 Å². The van der Waals surface area contributed by atoms with E-state index < -0.39 is 0 Å². The molecule has 0 aromatic rings. The molecule has 0 bridgehead atoms. The fraction of sp³-hybridized carbons (Fsp3) is 0.933. The number of hydrogen-bond donors (Lipinski definition) is 0. The Hall–Kier alpha value is -0.650. The lowest BCUT2D eigenvalue weighted by Crippen LogP contribution is -2.37. The molecule has 2 fully saturated rings. The summed E-state index contributed by atoms with van der Waals surface area (Å²) in [5, 5.41) is 0. The summed E-state index contributed by atoms with van der Waals surface area (Å²) in [5.74, 6) is 0.693. The number of ether oxygens (including phenoxy) is 2. The van der Waals surface area contributed by atoms with Crippen LogP contribution in [0.25, 0.3) is 0 Å². The van der Waals surface area contributed by atoms with E-state index in [0.717, 1.165) is 39.0 Å². The van der Waals surface area contributed by atoms with Gasteiger partial charge in [-0.05, 0) is 32.9 Å². The normalized spacial score (nSPS) is 30.4. The van der Waals surface area contributed by atoms with Gasteiger partial charge in [-0.15, -0.1) is 0 Å². The average Bonchev–Trinajstić information content (AvgIpc) is 3.07. The monoisotopic (exact) mass is 284 g/mol. The number of rotatable bonds is 6. The molecule has 0 aromatic carbocycles. The molecule has 20 heavy (non-hydrogen) atoms. The van der Waals surface area contributed by atoms with Crippen molar-refractivity contribution in [3.63, 3.8) is 0 Å². The van der Waals surface area contributed by atoms with E-state index >= 15 is 0 Å². The topological polar surface area (TPSA) is 42.0 Å². The molecule has 2 saturated heterocycles. The summed E-state index contributed by atoms with van der Waals surface area (Å²) < 4.78 is 11.0. The number of likely N-dealkylation sites (N-methyl/N-ethyl adjacent to an activating group) is 1. The lowest BCUT2D eigenvalue weighted by molar-refractivity contribution is -0.136. The highest BCUT2D eigenvalue weighted by Gasteiger charge is 2.35. The molecule has 0 aromatic heterocycles. The second-order valence-electron chi connectivity index (χ2n) is 6.15. The van der Waals surface area contributed by atoms with E-state index in [1.54, 1.807) is 0 Å². The van der Waals surface area contributed by atoms with Crippen LogP contribution in [0.5, 0.6) is 0 Å². The molecule has 0 N–H and O–H groups in total. The van der Waals surface area contributed by atoms with Crippen LogP contribution in [0.2, 0.25) is 0 Å². The molecule has 5 nitrogen and oxygen atoms in total. The highest BCUT2D eigenvalue weighted by atomic mass is 16.5. The van der Waals surface area contributed by atoms with Crippen LogP contribution in [0.3, 0.4) is 0 Å². The Balaban J connectivity index is 1.72. The number of hydrogen-bond acceptors (Lipinski definition) is 4. The maximum atomic E-state index is 12.2. The van der Waals surface area contributed by atoms with Crippen LogP contribution in [0, 0.1) is 5.92 Å². The van der Waals surface area contributed by atoms with Crippen molar-refractivity contribution in [3.05, 3.63) is 0 Å². The first-order chi connectivity index (χ1) is 9.61. The molecule has 1 amide bonds. The molecular formula is C15H28N2O3. The number of carbonyl (C=O) groups is 1. The van der Waals surface area contributed by atoms with Crippen molar-refractivity contribution in [3.8, 4) is 0 Å². The lowest BCUT2D eigenvalue weighted by Gasteiger charge is -2.23. The van der Waals surface area contributed by atoms with Gasteiger partial charge in [-0.2, -0.15) is 0 Å². The van der Waals surface area contributed by atoms with Crippen LogP contribution in [-0.4, -0.2) is 74.9 Å². The molecule has 0 spiro atoms. The van der Waals surface area contributed by atoms with Crippen molar-refractivity contribution in [1.82, 2.24) is 9.80 Å². The molecule has 2 aliphatic rings. The molecule has 3 unspecified atom stereocenters. The predicted molar refractivity (Wildman–Crippen MR) is 77.6 cm³/mol.